The molecule has 1 amide bonds. The summed E-state index contributed by atoms with van der Waals surface area (Å²) in [7, 11) is 1.63. The van der Waals surface area contributed by atoms with E-state index in [1.807, 2.05) is 29.2 Å². The zero-order chi connectivity index (χ0) is 14.7. The number of benzene rings is 1. The number of nitrogens with zero attached hydrogens (tertiary/aromatic N) is 1. The third-order valence-electron chi connectivity index (χ3n) is 4.44. The summed E-state index contributed by atoms with van der Waals surface area (Å²) in [6.45, 7) is 7.57. The van der Waals surface area contributed by atoms with Crippen LogP contribution in [0.4, 0.5) is 0 Å². The molecular formula is C17H25NO2. The third-order valence-corrected chi connectivity index (χ3v) is 4.44. The minimum atomic E-state index is 0.124. The summed E-state index contributed by atoms with van der Waals surface area (Å²) < 4.78 is 5.20. The van der Waals surface area contributed by atoms with Gasteiger partial charge in [-0.25, -0.2) is 0 Å². The Bertz CT molecular complexity index is 470. The Morgan fingerprint density at radius 2 is 2.15 bits per heavy atom. The second-order valence-electron chi connectivity index (χ2n) is 6.11. The van der Waals surface area contributed by atoms with Gasteiger partial charge >= 0.3 is 0 Å². The molecule has 0 N–H and O–H groups in total. The van der Waals surface area contributed by atoms with Crippen molar-refractivity contribution in [2.45, 2.75) is 39.7 Å². The van der Waals surface area contributed by atoms with Crippen LogP contribution in [0.1, 0.15) is 44.0 Å². The van der Waals surface area contributed by atoms with Crippen LogP contribution in [0.2, 0.25) is 0 Å². The van der Waals surface area contributed by atoms with Gasteiger partial charge in [0.1, 0.15) is 5.75 Å². The van der Waals surface area contributed by atoms with Crippen LogP contribution < -0.4 is 4.74 Å². The summed E-state index contributed by atoms with van der Waals surface area (Å²) >= 11 is 0. The monoisotopic (exact) mass is 275 g/mol. The molecule has 1 aliphatic rings. The second-order valence-corrected chi connectivity index (χ2v) is 6.11. The zero-order valence-electron chi connectivity index (χ0n) is 12.9. The fraction of sp³-hybridized carbons (Fsp3) is 0.588. The first kappa shape index (κ1) is 14.9. The molecule has 0 radical (unpaired) electrons. The largest absolute Gasteiger partial charge is 0.497 e. The van der Waals surface area contributed by atoms with E-state index >= 15 is 0 Å². The highest BCUT2D eigenvalue weighted by Crippen LogP contribution is 2.29. The fourth-order valence-corrected chi connectivity index (χ4v) is 3.04. The second kappa shape index (κ2) is 6.29. The van der Waals surface area contributed by atoms with E-state index in [1.54, 1.807) is 7.11 Å². The molecular weight excluding hydrogens is 250 g/mol. The first-order valence-corrected chi connectivity index (χ1v) is 7.48. The molecule has 0 aromatic heterocycles. The zero-order valence-corrected chi connectivity index (χ0v) is 12.9. The lowest BCUT2D eigenvalue weighted by Crippen LogP contribution is -2.45. The molecule has 3 nitrogen and oxygen atoms in total. The molecule has 0 aliphatic carbocycles. The van der Waals surface area contributed by atoms with Crippen molar-refractivity contribution in [3.05, 3.63) is 29.8 Å². The molecule has 110 valence electrons. The van der Waals surface area contributed by atoms with Crippen LogP contribution in [0.5, 0.6) is 5.75 Å². The van der Waals surface area contributed by atoms with E-state index in [-0.39, 0.29) is 5.91 Å². The molecule has 0 bridgehead atoms. The van der Waals surface area contributed by atoms with Gasteiger partial charge < -0.3 is 9.64 Å². The molecule has 2 rings (SSSR count). The molecule has 0 spiro atoms. The normalized spacial score (nSPS) is 22.9. The van der Waals surface area contributed by atoms with Crippen LogP contribution in [-0.2, 0) is 0 Å². The SMILES string of the molecule is COc1cccc(C(=O)N2CC[C@H](C(C)C)C[C@@H]2C)c1. The Balaban J connectivity index is 2.09. The molecule has 1 aromatic rings. The van der Waals surface area contributed by atoms with Crippen LogP contribution in [0.15, 0.2) is 24.3 Å². The number of likely N-dealkylation sites (tertiary alicyclic amines) is 1. The van der Waals surface area contributed by atoms with E-state index in [0.717, 1.165) is 36.6 Å². The predicted octanol–water partition coefficient (Wildman–Crippen LogP) is 3.59. The van der Waals surface area contributed by atoms with Crippen LogP contribution in [0, 0.1) is 11.8 Å². The van der Waals surface area contributed by atoms with Crippen LogP contribution >= 0.6 is 0 Å². The molecule has 2 atom stereocenters. The van der Waals surface area contributed by atoms with Crippen molar-refractivity contribution in [2.24, 2.45) is 11.8 Å². The van der Waals surface area contributed by atoms with Gasteiger partial charge in [-0.05, 0) is 49.8 Å². The van der Waals surface area contributed by atoms with E-state index in [0.29, 0.717) is 12.0 Å². The van der Waals surface area contributed by atoms with E-state index in [2.05, 4.69) is 20.8 Å². The van der Waals surface area contributed by atoms with Gasteiger partial charge in [-0.15, -0.1) is 0 Å². The van der Waals surface area contributed by atoms with E-state index in [9.17, 15) is 4.79 Å². The molecule has 0 saturated carbocycles. The maximum absolute atomic E-state index is 12.6. The fourth-order valence-electron chi connectivity index (χ4n) is 3.04. The maximum atomic E-state index is 12.6. The summed E-state index contributed by atoms with van der Waals surface area (Å²) in [4.78, 5) is 14.6. The molecule has 3 heteroatoms. The van der Waals surface area contributed by atoms with Gasteiger partial charge in [0.2, 0.25) is 0 Å². The number of hydrogen-bond donors (Lipinski definition) is 0. The van der Waals surface area contributed by atoms with E-state index in [1.165, 1.54) is 0 Å². The van der Waals surface area contributed by atoms with Gasteiger partial charge in [-0.2, -0.15) is 0 Å². The lowest BCUT2D eigenvalue weighted by Gasteiger charge is -2.39. The Hall–Kier alpha value is -1.51. The van der Waals surface area contributed by atoms with Crippen molar-refractivity contribution in [3.63, 3.8) is 0 Å². The number of amides is 1. The topological polar surface area (TPSA) is 29.5 Å². The summed E-state index contributed by atoms with van der Waals surface area (Å²) in [5.41, 5.74) is 0.721. The first-order chi connectivity index (χ1) is 9.52. The van der Waals surface area contributed by atoms with Crippen LogP contribution in [0.3, 0.4) is 0 Å². The van der Waals surface area contributed by atoms with E-state index in [4.69, 9.17) is 4.74 Å². The van der Waals surface area contributed by atoms with Crippen molar-refractivity contribution in [3.8, 4) is 5.75 Å². The summed E-state index contributed by atoms with van der Waals surface area (Å²) in [6, 6.07) is 7.74. The number of rotatable bonds is 3. The number of methoxy groups -OCH3 is 1. The Labute approximate surface area is 121 Å². The minimum absolute atomic E-state index is 0.124. The first-order valence-electron chi connectivity index (χ1n) is 7.48. The van der Waals surface area contributed by atoms with Gasteiger partial charge in [0.25, 0.3) is 5.91 Å². The molecule has 1 heterocycles. The highest BCUT2D eigenvalue weighted by molar-refractivity contribution is 5.94. The minimum Gasteiger partial charge on any atom is -0.497 e. The average Bonchev–Trinajstić information content (AvgIpc) is 2.46. The summed E-state index contributed by atoms with van der Waals surface area (Å²) in [6.07, 6.45) is 2.21. The van der Waals surface area contributed by atoms with Crippen molar-refractivity contribution in [2.75, 3.05) is 13.7 Å². The quantitative estimate of drug-likeness (QED) is 0.843. The van der Waals surface area contributed by atoms with Gasteiger partial charge in [-0.1, -0.05) is 19.9 Å². The maximum Gasteiger partial charge on any atom is 0.254 e. The standard InChI is InChI=1S/C17H25NO2/c1-12(2)14-8-9-18(13(3)10-14)17(19)15-6-5-7-16(11-15)20-4/h5-7,11-14H,8-10H2,1-4H3/t13-,14-/m0/s1. The lowest BCUT2D eigenvalue weighted by molar-refractivity contribution is 0.0538. The highest BCUT2D eigenvalue weighted by Gasteiger charge is 2.30. The number of piperidine rings is 1. The van der Waals surface area contributed by atoms with Crippen molar-refractivity contribution < 1.29 is 9.53 Å². The van der Waals surface area contributed by atoms with Gasteiger partial charge in [0.15, 0.2) is 0 Å². The Morgan fingerprint density at radius 1 is 1.40 bits per heavy atom. The molecule has 0 unspecified atom stereocenters. The Kier molecular flexibility index (Phi) is 4.69. The van der Waals surface area contributed by atoms with Crippen LogP contribution in [-0.4, -0.2) is 30.5 Å². The molecule has 1 fully saturated rings. The molecule has 1 aliphatic heterocycles. The Morgan fingerprint density at radius 3 is 2.75 bits per heavy atom. The van der Waals surface area contributed by atoms with Crippen molar-refractivity contribution in [1.82, 2.24) is 4.90 Å². The highest BCUT2D eigenvalue weighted by atomic mass is 16.5. The number of hydrogen-bond acceptors (Lipinski definition) is 2. The number of carbonyl (C=O) groups is 1. The van der Waals surface area contributed by atoms with Crippen molar-refractivity contribution in [1.29, 1.82) is 0 Å². The van der Waals surface area contributed by atoms with Gasteiger partial charge in [0.05, 0.1) is 7.11 Å². The lowest BCUT2D eigenvalue weighted by atomic mass is 9.83. The van der Waals surface area contributed by atoms with Gasteiger partial charge in [0, 0.05) is 18.2 Å². The molecule has 1 aromatic carbocycles. The molecule has 1 saturated heterocycles. The summed E-state index contributed by atoms with van der Waals surface area (Å²) in [5, 5.41) is 0. The average molecular weight is 275 g/mol. The molecule has 20 heavy (non-hydrogen) atoms. The summed E-state index contributed by atoms with van der Waals surface area (Å²) in [5.74, 6) is 2.30. The number of ether oxygens (including phenoxy) is 1. The third kappa shape index (κ3) is 3.14. The number of carbonyl (C=O) groups excluding carboxylic acids is 1. The van der Waals surface area contributed by atoms with Crippen LogP contribution in [0.25, 0.3) is 0 Å². The predicted molar refractivity (Wildman–Crippen MR) is 81.1 cm³/mol. The van der Waals surface area contributed by atoms with Crippen molar-refractivity contribution >= 4 is 5.91 Å². The van der Waals surface area contributed by atoms with E-state index < -0.39 is 0 Å². The van der Waals surface area contributed by atoms with Gasteiger partial charge in [-0.3, -0.25) is 4.79 Å². The smallest absolute Gasteiger partial charge is 0.254 e.